The molecule has 422 valence electrons. The minimum atomic E-state index is -1.54. The second-order valence-corrected chi connectivity index (χ2v) is 25.5. The molecule has 2 aromatic carbocycles. The number of carboxylic acid groups (broad SMARTS) is 1. The SMILES string of the molecule is CCc1cc(NC(=O)C(=O)N2C[C@@H](C)CC[C@@H]2c2ccc3sc(C4CC5(C4)CN(C)C5)nc3c2)cnc1N.CCc1cc(NC(=O)C(=O)O)cnc1N.C[C@H]1CC[C@H](c2ccc3sc(C4CC5(C4)CN(C)C5)nc3c2)NC1.[2H]CF. The Kier molecular flexibility index (Phi) is 17.2. The number of nitrogen functional groups attached to an aromatic ring is 2. The third kappa shape index (κ3) is 12.9. The number of aromatic nitrogens is 4. The van der Waals surface area contributed by atoms with E-state index in [0.717, 1.165) is 47.5 Å². The molecule has 17 nitrogen and oxygen atoms in total. The number of rotatable bonds is 8. The van der Waals surface area contributed by atoms with Gasteiger partial charge in [-0.3, -0.25) is 18.8 Å². The van der Waals surface area contributed by atoms with Crippen molar-refractivity contribution >= 4 is 89.8 Å². The Morgan fingerprint density at radius 1 is 0.734 bits per heavy atom. The van der Waals surface area contributed by atoms with E-state index in [1.54, 1.807) is 28.4 Å². The van der Waals surface area contributed by atoms with Crippen LogP contribution in [-0.2, 0) is 32.0 Å². The van der Waals surface area contributed by atoms with Gasteiger partial charge in [0.05, 0.1) is 68.8 Å². The molecule has 0 unspecified atom stereocenters. The van der Waals surface area contributed by atoms with Gasteiger partial charge in [0.2, 0.25) is 0 Å². The van der Waals surface area contributed by atoms with Crippen LogP contribution in [-0.4, -0.2) is 124 Å². The quantitative estimate of drug-likeness (QED) is 0.0779. The van der Waals surface area contributed by atoms with Gasteiger partial charge in [0, 0.05) is 50.6 Å². The number of piperidine rings is 2. The number of aliphatic carboxylic acids is 1. The number of aryl methyl sites for hydroxylation is 2. The van der Waals surface area contributed by atoms with Crippen molar-refractivity contribution in [1.82, 2.24) is 40.0 Å². The van der Waals surface area contributed by atoms with Gasteiger partial charge in [-0.1, -0.05) is 39.8 Å². The summed E-state index contributed by atoms with van der Waals surface area (Å²) in [5, 5.41) is 19.6. The Balaban J connectivity index is 0.000000157. The Morgan fingerprint density at radius 2 is 1.22 bits per heavy atom. The predicted molar refractivity (Wildman–Crippen MR) is 313 cm³/mol. The number of halogens is 1. The molecule has 6 aromatic rings. The van der Waals surface area contributed by atoms with Crippen molar-refractivity contribution in [2.75, 3.05) is 82.6 Å². The number of carboxylic acids is 1. The van der Waals surface area contributed by atoms with Crippen LogP contribution in [0.5, 0.6) is 0 Å². The van der Waals surface area contributed by atoms with Crippen LogP contribution in [0.25, 0.3) is 20.4 Å². The summed E-state index contributed by atoms with van der Waals surface area (Å²) in [4.78, 5) is 72.2. The van der Waals surface area contributed by atoms with Crippen LogP contribution in [0.2, 0.25) is 0 Å². The molecule has 6 fully saturated rings. The van der Waals surface area contributed by atoms with Crippen LogP contribution < -0.4 is 27.4 Å². The fourth-order valence-corrected chi connectivity index (χ4v) is 15.1. The van der Waals surface area contributed by atoms with Gasteiger partial charge in [-0.05, 0) is 166 Å². The fraction of sp³-hybridized carbons (Fsp3) is 0.525. The van der Waals surface area contributed by atoms with Crippen molar-refractivity contribution in [3.63, 3.8) is 0 Å². The number of nitrogens with zero attached hydrogens (tertiary/aromatic N) is 7. The molecule has 4 atom stereocenters. The molecule has 8 heterocycles. The molecule has 0 radical (unpaired) electrons. The zero-order valence-corrected chi connectivity index (χ0v) is 48.0. The maximum atomic E-state index is 13.4. The second-order valence-electron chi connectivity index (χ2n) is 23.4. The molecule has 4 aliphatic heterocycles. The normalized spacial score (nSPS) is 23.2. The van der Waals surface area contributed by atoms with E-state index in [0.29, 0.717) is 77.0 Å². The number of hydrogen-bond acceptors (Lipinski definition) is 15. The lowest BCUT2D eigenvalue weighted by Gasteiger charge is -2.58. The molecule has 79 heavy (non-hydrogen) atoms. The maximum absolute atomic E-state index is 13.4. The lowest BCUT2D eigenvalue weighted by molar-refractivity contribution is -0.147. The molecule has 2 aliphatic carbocycles. The summed E-state index contributed by atoms with van der Waals surface area (Å²) >= 11 is 3.73. The number of nitrogens with two attached hydrogens (primary N) is 2. The Labute approximate surface area is 472 Å². The van der Waals surface area contributed by atoms with Crippen molar-refractivity contribution in [2.24, 2.45) is 22.7 Å². The van der Waals surface area contributed by atoms with Crippen molar-refractivity contribution < 1.29 is 30.0 Å². The summed E-state index contributed by atoms with van der Waals surface area (Å²) in [6.45, 7) is 15.0. The number of fused-ring (bicyclic) bond motifs is 2. The van der Waals surface area contributed by atoms with Crippen LogP contribution in [0, 0.1) is 22.7 Å². The zero-order valence-electron chi connectivity index (χ0n) is 47.3. The number of pyridine rings is 2. The lowest BCUT2D eigenvalue weighted by atomic mass is 9.58. The second kappa shape index (κ2) is 24.3. The molecule has 0 bridgehead atoms. The first kappa shape index (κ1) is 56.1. The average molecular weight is 1120 g/mol. The van der Waals surface area contributed by atoms with Crippen molar-refractivity contribution in [2.45, 2.75) is 116 Å². The van der Waals surface area contributed by atoms with Gasteiger partial charge in [0.1, 0.15) is 11.6 Å². The summed E-state index contributed by atoms with van der Waals surface area (Å²) < 4.78 is 18.1. The molecular weight excluding hydrogens is 1040 g/mol. The van der Waals surface area contributed by atoms with Crippen molar-refractivity contribution in [3.8, 4) is 0 Å². The highest BCUT2D eigenvalue weighted by atomic mass is 32.1. The van der Waals surface area contributed by atoms with Crippen molar-refractivity contribution in [3.05, 3.63) is 93.2 Å². The van der Waals surface area contributed by atoms with E-state index >= 15 is 0 Å². The van der Waals surface area contributed by atoms with Gasteiger partial charge in [0.25, 0.3) is 0 Å². The number of hydrogen-bond donors (Lipinski definition) is 6. The van der Waals surface area contributed by atoms with Gasteiger partial charge < -0.3 is 47.2 Å². The standard InChI is InChI=1S/C29H36N6O2S.C20H27N3S.C9H11N3O3.CH3F/c1-4-18-9-21(13-31-25(18)30)32-26(36)28(37)35-14-17(2)5-7-23(35)19-6-8-24-22(10-19)33-27(38-24)20-11-29(12-20)15-34(3)16-29;1-13-3-5-16(21-10-13)14-4-6-18-17(7-14)22-19(24-18)15-8-20(9-15)11-23(2)12-20;1-2-5-3-6(4-11-7(5)10)12-8(13)9(14)15;1-2/h6,8-10,13,17,20,23H,4-5,7,11-12,14-16H2,1-3H3,(H2,30,31)(H,32,36);4,6-7,13,15-16,21H,3,5,8-12H2,1-2H3;3-4H,2H2,1H3,(H2,10,11)(H,12,13)(H,14,15);1H3/t17-,23+;13-,16+;;/m00../s1/i;;;1D. The molecular formula is C59H77FN12O5S2. The zero-order chi connectivity index (χ0) is 57.0. The number of benzene rings is 2. The predicted octanol–water partition coefficient (Wildman–Crippen LogP) is 9.58. The minimum absolute atomic E-state index is 0.146. The van der Waals surface area contributed by atoms with Crippen LogP contribution in [0.4, 0.5) is 27.4 Å². The number of likely N-dealkylation sites (tertiary alicyclic amines) is 3. The molecule has 4 saturated heterocycles. The fourth-order valence-electron chi connectivity index (χ4n) is 13.0. The average Bonchev–Trinajstić information content (AvgIpc) is 4.20. The van der Waals surface area contributed by atoms with Gasteiger partial charge in [-0.25, -0.2) is 24.7 Å². The molecule has 2 saturated carbocycles. The highest BCUT2D eigenvalue weighted by molar-refractivity contribution is 7.19. The number of amides is 3. The first-order valence-corrected chi connectivity index (χ1v) is 29.3. The van der Waals surface area contributed by atoms with Crippen LogP contribution in [0.15, 0.2) is 60.9 Å². The summed E-state index contributed by atoms with van der Waals surface area (Å²) in [7, 11) is 3.43. The van der Waals surface area contributed by atoms with Crippen LogP contribution >= 0.6 is 22.7 Å². The molecule has 4 aromatic heterocycles. The number of anilines is 4. The van der Waals surface area contributed by atoms with E-state index in [9.17, 15) is 23.6 Å². The van der Waals surface area contributed by atoms with Crippen LogP contribution in [0.1, 0.15) is 137 Å². The minimum Gasteiger partial charge on any atom is -0.474 e. The van der Waals surface area contributed by atoms with E-state index < -0.39 is 30.8 Å². The van der Waals surface area contributed by atoms with Gasteiger partial charge in [0.15, 0.2) is 0 Å². The van der Waals surface area contributed by atoms with Gasteiger partial charge in [-0.2, -0.15) is 0 Å². The maximum Gasteiger partial charge on any atom is 0.394 e. The third-order valence-electron chi connectivity index (χ3n) is 16.9. The van der Waals surface area contributed by atoms with E-state index in [2.05, 4.69) is 100 Å². The number of carbonyl (C=O) groups excluding carboxylic acids is 3. The summed E-state index contributed by atoms with van der Waals surface area (Å²) in [6, 6.07) is 17.1. The first-order chi connectivity index (χ1) is 38.3. The van der Waals surface area contributed by atoms with Gasteiger partial charge >= 0.3 is 23.7 Å². The molecule has 20 heteroatoms. The van der Waals surface area contributed by atoms with E-state index in [1.165, 1.54) is 108 Å². The molecule has 8 N–H and O–H groups in total. The van der Waals surface area contributed by atoms with E-state index in [1.807, 2.05) is 25.2 Å². The van der Waals surface area contributed by atoms with Gasteiger partial charge in [-0.15, -0.1) is 22.7 Å². The Bertz CT molecular complexity index is 3190. The lowest BCUT2D eigenvalue weighted by Crippen LogP contribution is -2.59. The summed E-state index contributed by atoms with van der Waals surface area (Å²) in [5.74, 6) is -0.539. The number of nitrogens with one attached hydrogen (secondary N) is 3. The van der Waals surface area contributed by atoms with E-state index in [4.69, 9.17) is 27.9 Å². The molecule has 12 rings (SSSR count). The van der Waals surface area contributed by atoms with E-state index in [-0.39, 0.29) is 6.04 Å². The first-order valence-electron chi connectivity index (χ1n) is 28.4. The van der Waals surface area contributed by atoms with Crippen LogP contribution in [0.3, 0.4) is 0 Å². The Hall–Kier alpha value is -6.19. The monoisotopic (exact) mass is 1120 g/mol. The molecule has 2 spiro atoms. The number of thiazole rings is 2. The topological polar surface area (TPSA) is 238 Å². The Morgan fingerprint density at radius 3 is 1.68 bits per heavy atom. The number of alkyl halides is 1. The molecule has 3 amide bonds. The third-order valence-corrected chi connectivity index (χ3v) is 19.3. The molecule has 6 aliphatic rings. The highest BCUT2D eigenvalue weighted by Crippen LogP contribution is 2.57. The number of carbonyl (C=O) groups is 4. The smallest absolute Gasteiger partial charge is 0.394 e. The summed E-state index contributed by atoms with van der Waals surface area (Å²) in [6.07, 6.45) is 13.8. The summed E-state index contributed by atoms with van der Waals surface area (Å²) in [5.41, 5.74) is 19.7. The highest BCUT2D eigenvalue weighted by Gasteiger charge is 2.53. The largest absolute Gasteiger partial charge is 0.474 e. The van der Waals surface area contributed by atoms with Crippen molar-refractivity contribution in [1.29, 1.82) is 0 Å².